The molecule has 0 atom stereocenters. The number of rotatable bonds is 4. The van der Waals surface area contributed by atoms with Gasteiger partial charge in [-0.15, -0.1) is 0 Å². The van der Waals surface area contributed by atoms with Crippen molar-refractivity contribution >= 4 is 6.29 Å². The van der Waals surface area contributed by atoms with E-state index in [2.05, 4.69) is 0 Å². The maximum absolute atomic E-state index is 10.9. The van der Waals surface area contributed by atoms with E-state index in [4.69, 9.17) is 4.74 Å². The lowest BCUT2D eigenvalue weighted by Crippen LogP contribution is -2.18. The van der Waals surface area contributed by atoms with Crippen molar-refractivity contribution in [3.63, 3.8) is 0 Å². The fraction of sp³-hybridized carbons (Fsp3) is 0.417. The summed E-state index contributed by atoms with van der Waals surface area (Å²) >= 11 is 0. The van der Waals surface area contributed by atoms with Gasteiger partial charge in [-0.25, -0.2) is 0 Å². The molecule has 0 heterocycles. The Hall–Kier alpha value is -1.51. The maximum atomic E-state index is 10.9. The highest BCUT2D eigenvalue weighted by molar-refractivity contribution is 5.68. The maximum Gasteiger partial charge on any atom is 0.161 e. The number of hydrogen-bond donors (Lipinski definition) is 1. The van der Waals surface area contributed by atoms with Crippen molar-refractivity contribution in [2.75, 3.05) is 6.61 Å². The minimum atomic E-state index is -0.556. The Morgan fingerprint density at radius 2 is 2.13 bits per heavy atom. The van der Waals surface area contributed by atoms with Crippen LogP contribution in [0.5, 0.6) is 11.5 Å². The third-order valence-corrected chi connectivity index (χ3v) is 2.30. The molecular formula is C12H16O3. The van der Waals surface area contributed by atoms with Gasteiger partial charge in [0, 0.05) is 5.41 Å². The standard InChI is InChI=1S/C12H16O3/c1-4-15-11-7-9(5-6-10(11)14)12(2,3)8-13/h5-8,14H,4H2,1-3H3. The van der Waals surface area contributed by atoms with Crippen LogP contribution in [0.15, 0.2) is 18.2 Å². The van der Waals surface area contributed by atoms with Gasteiger partial charge in [0.05, 0.1) is 6.61 Å². The van der Waals surface area contributed by atoms with Gasteiger partial charge in [0.15, 0.2) is 11.5 Å². The Balaban J connectivity index is 3.12. The summed E-state index contributed by atoms with van der Waals surface area (Å²) in [7, 11) is 0. The normalized spacial score (nSPS) is 11.1. The Bertz CT molecular complexity index is 356. The highest BCUT2D eigenvalue weighted by Crippen LogP contribution is 2.31. The Morgan fingerprint density at radius 1 is 1.47 bits per heavy atom. The van der Waals surface area contributed by atoms with Gasteiger partial charge in [0.1, 0.15) is 6.29 Å². The van der Waals surface area contributed by atoms with Crippen LogP contribution in [0.3, 0.4) is 0 Å². The van der Waals surface area contributed by atoms with Crippen LogP contribution in [0.2, 0.25) is 0 Å². The van der Waals surface area contributed by atoms with Crippen LogP contribution in [-0.4, -0.2) is 18.0 Å². The fourth-order valence-corrected chi connectivity index (χ4v) is 1.25. The molecule has 1 aromatic rings. The number of aromatic hydroxyl groups is 1. The largest absolute Gasteiger partial charge is 0.504 e. The quantitative estimate of drug-likeness (QED) is 0.772. The summed E-state index contributed by atoms with van der Waals surface area (Å²) in [6.07, 6.45) is 0.884. The van der Waals surface area contributed by atoms with E-state index < -0.39 is 5.41 Å². The van der Waals surface area contributed by atoms with Crippen LogP contribution in [0.4, 0.5) is 0 Å². The lowest BCUT2D eigenvalue weighted by Gasteiger charge is -2.18. The number of phenolic OH excluding ortho intramolecular Hbond substituents is 1. The van der Waals surface area contributed by atoms with Crippen LogP contribution in [0.25, 0.3) is 0 Å². The van der Waals surface area contributed by atoms with Crippen molar-refractivity contribution in [2.45, 2.75) is 26.2 Å². The molecule has 0 spiro atoms. The molecule has 82 valence electrons. The van der Waals surface area contributed by atoms with E-state index in [-0.39, 0.29) is 5.75 Å². The monoisotopic (exact) mass is 208 g/mol. The highest BCUT2D eigenvalue weighted by Gasteiger charge is 2.20. The van der Waals surface area contributed by atoms with E-state index in [1.165, 1.54) is 0 Å². The van der Waals surface area contributed by atoms with E-state index in [1.54, 1.807) is 18.2 Å². The van der Waals surface area contributed by atoms with Gasteiger partial charge in [-0.3, -0.25) is 0 Å². The number of benzene rings is 1. The molecule has 0 saturated heterocycles. The summed E-state index contributed by atoms with van der Waals surface area (Å²) in [6, 6.07) is 4.98. The van der Waals surface area contributed by atoms with Crippen LogP contribution in [0, 0.1) is 0 Å². The van der Waals surface area contributed by atoms with Gasteiger partial charge in [0.2, 0.25) is 0 Å². The summed E-state index contributed by atoms with van der Waals surface area (Å²) in [5.41, 5.74) is 0.276. The molecule has 0 fully saturated rings. The molecule has 0 unspecified atom stereocenters. The fourth-order valence-electron chi connectivity index (χ4n) is 1.25. The molecule has 1 aromatic carbocycles. The molecule has 0 aliphatic rings. The number of hydrogen-bond acceptors (Lipinski definition) is 3. The second kappa shape index (κ2) is 4.34. The molecule has 0 aliphatic heterocycles. The minimum absolute atomic E-state index is 0.0994. The summed E-state index contributed by atoms with van der Waals surface area (Å²) < 4.78 is 5.25. The van der Waals surface area contributed by atoms with Crippen molar-refractivity contribution < 1.29 is 14.6 Å². The predicted molar refractivity (Wildman–Crippen MR) is 58.4 cm³/mol. The zero-order chi connectivity index (χ0) is 11.5. The first-order valence-corrected chi connectivity index (χ1v) is 4.94. The van der Waals surface area contributed by atoms with Crippen molar-refractivity contribution in [1.82, 2.24) is 0 Å². The molecule has 1 N–H and O–H groups in total. The molecule has 0 aliphatic carbocycles. The first kappa shape index (κ1) is 11.6. The van der Waals surface area contributed by atoms with Crippen molar-refractivity contribution in [3.8, 4) is 11.5 Å². The van der Waals surface area contributed by atoms with Crippen LogP contribution < -0.4 is 4.74 Å². The SMILES string of the molecule is CCOc1cc(C(C)(C)C=O)ccc1O. The average Bonchev–Trinajstić information content (AvgIpc) is 2.21. The van der Waals surface area contributed by atoms with Crippen molar-refractivity contribution in [2.24, 2.45) is 0 Å². The van der Waals surface area contributed by atoms with Crippen LogP contribution in [-0.2, 0) is 10.2 Å². The lowest BCUT2D eigenvalue weighted by atomic mass is 9.86. The smallest absolute Gasteiger partial charge is 0.161 e. The lowest BCUT2D eigenvalue weighted by molar-refractivity contribution is -0.111. The second-order valence-electron chi connectivity index (χ2n) is 3.96. The molecule has 0 aromatic heterocycles. The van der Waals surface area contributed by atoms with Gasteiger partial charge in [-0.05, 0) is 38.5 Å². The van der Waals surface area contributed by atoms with Crippen LogP contribution >= 0.6 is 0 Å². The molecule has 3 nitrogen and oxygen atoms in total. The zero-order valence-corrected chi connectivity index (χ0v) is 9.28. The number of aldehydes is 1. The Labute approximate surface area is 89.7 Å². The Kier molecular flexibility index (Phi) is 3.35. The second-order valence-corrected chi connectivity index (χ2v) is 3.96. The van der Waals surface area contributed by atoms with Crippen LogP contribution in [0.1, 0.15) is 26.3 Å². The Morgan fingerprint density at radius 3 is 2.67 bits per heavy atom. The first-order chi connectivity index (χ1) is 7.01. The summed E-state index contributed by atoms with van der Waals surface area (Å²) in [4.78, 5) is 10.9. The van der Waals surface area contributed by atoms with E-state index in [9.17, 15) is 9.90 Å². The zero-order valence-electron chi connectivity index (χ0n) is 9.28. The molecule has 15 heavy (non-hydrogen) atoms. The first-order valence-electron chi connectivity index (χ1n) is 4.94. The van der Waals surface area contributed by atoms with Crippen molar-refractivity contribution in [3.05, 3.63) is 23.8 Å². The minimum Gasteiger partial charge on any atom is -0.504 e. The average molecular weight is 208 g/mol. The van der Waals surface area contributed by atoms with E-state index >= 15 is 0 Å². The topological polar surface area (TPSA) is 46.5 Å². The van der Waals surface area contributed by atoms with E-state index in [1.807, 2.05) is 20.8 Å². The van der Waals surface area contributed by atoms with Gasteiger partial charge >= 0.3 is 0 Å². The third kappa shape index (κ3) is 2.49. The molecule has 0 bridgehead atoms. The molecule has 1 rings (SSSR count). The van der Waals surface area contributed by atoms with Crippen molar-refractivity contribution in [1.29, 1.82) is 0 Å². The highest BCUT2D eigenvalue weighted by atomic mass is 16.5. The molecule has 0 radical (unpaired) electrons. The van der Waals surface area contributed by atoms with Gasteiger partial charge in [-0.2, -0.15) is 0 Å². The molecule has 0 saturated carbocycles. The van der Waals surface area contributed by atoms with E-state index in [0.29, 0.717) is 12.4 Å². The number of ether oxygens (including phenoxy) is 1. The summed E-state index contributed by atoms with van der Waals surface area (Å²) in [5, 5.41) is 9.49. The summed E-state index contributed by atoms with van der Waals surface area (Å²) in [6.45, 7) is 5.97. The molecule has 3 heteroatoms. The van der Waals surface area contributed by atoms with Gasteiger partial charge in [0.25, 0.3) is 0 Å². The van der Waals surface area contributed by atoms with Gasteiger partial charge in [-0.1, -0.05) is 6.07 Å². The predicted octanol–water partition coefficient (Wildman–Crippen LogP) is 2.27. The van der Waals surface area contributed by atoms with Gasteiger partial charge < -0.3 is 14.6 Å². The molecular weight excluding hydrogens is 192 g/mol. The number of phenols is 1. The number of carbonyl (C=O) groups excluding carboxylic acids is 1. The van der Waals surface area contributed by atoms with E-state index in [0.717, 1.165) is 11.8 Å². The summed E-state index contributed by atoms with van der Waals surface area (Å²) in [5.74, 6) is 0.521. The number of carbonyl (C=O) groups is 1. The third-order valence-electron chi connectivity index (χ3n) is 2.30. The molecule has 0 amide bonds.